The lowest BCUT2D eigenvalue weighted by Crippen LogP contribution is -2.16. The summed E-state index contributed by atoms with van der Waals surface area (Å²) in [6.45, 7) is 1.90. The molecule has 0 spiro atoms. The maximum absolute atomic E-state index is 12.1. The van der Waals surface area contributed by atoms with Crippen LogP contribution in [0.1, 0.15) is 39.6 Å². The molecule has 98 valence electrons. The lowest BCUT2D eigenvalue weighted by molar-refractivity contribution is 0.102. The normalized spacial score (nSPS) is 13.9. The number of carbonyl (C=O) groups excluding carboxylic acids is 1. The Labute approximate surface area is 115 Å². The van der Waals surface area contributed by atoms with Crippen LogP contribution in [0.25, 0.3) is 0 Å². The van der Waals surface area contributed by atoms with Crippen LogP contribution in [0.4, 0.5) is 5.00 Å². The Hall–Kier alpha value is -1.82. The van der Waals surface area contributed by atoms with Crippen molar-refractivity contribution in [2.45, 2.75) is 32.6 Å². The summed E-state index contributed by atoms with van der Waals surface area (Å²) in [6.07, 6.45) is 5.94. The predicted molar refractivity (Wildman–Crippen MR) is 73.5 cm³/mol. The molecule has 0 unspecified atom stereocenters. The first-order chi connectivity index (χ1) is 9.22. The van der Waals surface area contributed by atoms with E-state index in [1.54, 1.807) is 6.20 Å². The maximum atomic E-state index is 12.1. The Bertz CT molecular complexity index is 623. The summed E-state index contributed by atoms with van der Waals surface area (Å²) >= 11 is 1.45. The molecular weight excluding hydrogens is 260 g/mol. The van der Waals surface area contributed by atoms with E-state index in [9.17, 15) is 4.79 Å². The van der Waals surface area contributed by atoms with Gasteiger partial charge in [0, 0.05) is 0 Å². The lowest BCUT2D eigenvalue weighted by Gasteiger charge is -2.13. The fraction of sp³-hybridized carbons (Fsp3) is 0.385. The van der Waals surface area contributed by atoms with Gasteiger partial charge < -0.3 is 5.32 Å². The van der Waals surface area contributed by atoms with E-state index in [0.29, 0.717) is 5.69 Å². The highest BCUT2D eigenvalue weighted by atomic mass is 32.1. The van der Waals surface area contributed by atoms with Crippen molar-refractivity contribution in [3.8, 4) is 0 Å². The number of amides is 1. The summed E-state index contributed by atoms with van der Waals surface area (Å²) in [6, 6.07) is 1.87. The number of aromatic nitrogens is 3. The van der Waals surface area contributed by atoms with Crippen LogP contribution in [-0.4, -0.2) is 21.1 Å². The molecule has 0 radical (unpaired) electrons. The quantitative estimate of drug-likeness (QED) is 0.913. The van der Waals surface area contributed by atoms with Crippen LogP contribution >= 0.6 is 11.3 Å². The van der Waals surface area contributed by atoms with Gasteiger partial charge in [-0.05, 0) is 44.2 Å². The largest absolute Gasteiger partial charge is 0.311 e. The fourth-order valence-electron chi connectivity index (χ4n) is 2.20. The second-order valence-corrected chi connectivity index (χ2v) is 5.84. The second-order valence-electron chi connectivity index (χ2n) is 4.61. The van der Waals surface area contributed by atoms with Gasteiger partial charge >= 0.3 is 0 Å². The van der Waals surface area contributed by atoms with Crippen molar-refractivity contribution >= 4 is 22.2 Å². The van der Waals surface area contributed by atoms with Crippen LogP contribution in [0.5, 0.6) is 0 Å². The van der Waals surface area contributed by atoms with Crippen molar-refractivity contribution in [1.29, 1.82) is 0 Å². The van der Waals surface area contributed by atoms with Gasteiger partial charge in [0.2, 0.25) is 0 Å². The molecule has 1 aliphatic carbocycles. The molecule has 0 atom stereocenters. The molecule has 0 saturated heterocycles. The van der Waals surface area contributed by atoms with Gasteiger partial charge in [0.25, 0.3) is 5.91 Å². The number of fused-ring (bicyclic) bond motifs is 1. The third kappa shape index (κ3) is 2.63. The summed E-state index contributed by atoms with van der Waals surface area (Å²) in [5.41, 5.74) is 2.58. The van der Waals surface area contributed by atoms with Crippen LogP contribution in [-0.2, 0) is 12.8 Å². The molecule has 19 heavy (non-hydrogen) atoms. The van der Waals surface area contributed by atoms with E-state index in [2.05, 4.69) is 20.5 Å². The van der Waals surface area contributed by atoms with Crippen LogP contribution in [0, 0.1) is 6.92 Å². The van der Waals surface area contributed by atoms with Crippen molar-refractivity contribution in [3.05, 3.63) is 34.2 Å². The van der Waals surface area contributed by atoms with E-state index in [1.165, 1.54) is 11.3 Å². The smallest absolute Gasteiger partial charge is 0.276 e. The Morgan fingerprint density at radius 2 is 2.16 bits per heavy atom. The van der Waals surface area contributed by atoms with Gasteiger partial charge in [-0.3, -0.25) is 4.79 Å². The predicted octanol–water partition coefficient (Wildman–Crippen LogP) is 2.37. The first-order valence-corrected chi connectivity index (χ1v) is 7.13. The van der Waals surface area contributed by atoms with Crippen LogP contribution < -0.4 is 5.32 Å². The zero-order valence-electron chi connectivity index (χ0n) is 10.6. The lowest BCUT2D eigenvalue weighted by atomic mass is 9.96. The number of hydrogen-bond acceptors (Lipinski definition) is 5. The number of rotatable bonds is 2. The van der Waals surface area contributed by atoms with E-state index in [-0.39, 0.29) is 5.91 Å². The summed E-state index contributed by atoms with van der Waals surface area (Å²) < 4.78 is 0. The molecule has 0 aliphatic heterocycles. The topological polar surface area (TPSA) is 67.8 Å². The molecule has 1 aliphatic rings. The summed E-state index contributed by atoms with van der Waals surface area (Å²) in [4.78, 5) is 16.2. The molecule has 2 aromatic heterocycles. The number of nitrogens with one attached hydrogen (secondary N) is 1. The third-order valence-electron chi connectivity index (χ3n) is 3.16. The Balaban J connectivity index is 1.80. The minimum atomic E-state index is -0.218. The number of thiazole rings is 1. The zero-order chi connectivity index (χ0) is 13.2. The molecule has 0 bridgehead atoms. The molecule has 1 amide bonds. The molecule has 2 heterocycles. The zero-order valence-corrected chi connectivity index (χ0v) is 11.5. The molecule has 6 heteroatoms. The average molecular weight is 274 g/mol. The SMILES string of the molecule is Cc1ncc(NC(=O)c2cc3c(nn2)CCCC3)s1. The average Bonchev–Trinajstić information content (AvgIpc) is 2.83. The van der Waals surface area contributed by atoms with E-state index in [1.807, 2.05) is 13.0 Å². The first kappa shape index (κ1) is 12.2. The number of anilines is 1. The van der Waals surface area contributed by atoms with Crippen LogP contribution in [0.2, 0.25) is 0 Å². The molecule has 0 saturated carbocycles. The van der Waals surface area contributed by atoms with Crippen molar-refractivity contribution in [2.75, 3.05) is 5.32 Å². The van der Waals surface area contributed by atoms with Crippen molar-refractivity contribution < 1.29 is 4.79 Å². The fourth-order valence-corrected chi connectivity index (χ4v) is 2.87. The highest BCUT2D eigenvalue weighted by molar-refractivity contribution is 7.15. The van der Waals surface area contributed by atoms with Gasteiger partial charge in [-0.25, -0.2) is 4.98 Å². The first-order valence-electron chi connectivity index (χ1n) is 6.31. The maximum Gasteiger partial charge on any atom is 0.276 e. The number of hydrogen-bond donors (Lipinski definition) is 1. The van der Waals surface area contributed by atoms with E-state index < -0.39 is 0 Å². The van der Waals surface area contributed by atoms with Crippen LogP contribution in [0.3, 0.4) is 0 Å². The number of carbonyl (C=O) groups is 1. The standard InChI is InChI=1S/C13H14N4OS/c1-8-14-7-12(19-8)15-13(18)11-6-9-4-2-3-5-10(9)16-17-11/h6-7H,2-5H2,1H3,(H,15,18). The summed E-state index contributed by atoms with van der Waals surface area (Å²) in [5, 5.41) is 12.6. The van der Waals surface area contributed by atoms with E-state index in [4.69, 9.17) is 0 Å². The number of nitrogens with zero attached hydrogens (tertiary/aromatic N) is 3. The third-order valence-corrected chi connectivity index (χ3v) is 3.99. The van der Waals surface area contributed by atoms with Gasteiger partial charge in [-0.2, -0.15) is 5.10 Å². The van der Waals surface area contributed by atoms with Crippen molar-refractivity contribution in [3.63, 3.8) is 0 Å². The highest BCUT2D eigenvalue weighted by Crippen LogP contribution is 2.21. The van der Waals surface area contributed by atoms with Gasteiger partial charge in [-0.1, -0.05) is 0 Å². The van der Waals surface area contributed by atoms with Gasteiger partial charge in [-0.15, -0.1) is 16.4 Å². The molecule has 2 aromatic rings. The Kier molecular flexibility index (Phi) is 3.25. The summed E-state index contributed by atoms with van der Waals surface area (Å²) in [5.74, 6) is -0.218. The Morgan fingerprint density at radius 3 is 2.95 bits per heavy atom. The van der Waals surface area contributed by atoms with E-state index in [0.717, 1.165) is 46.9 Å². The van der Waals surface area contributed by atoms with Gasteiger partial charge in [0.15, 0.2) is 5.69 Å². The monoisotopic (exact) mass is 274 g/mol. The van der Waals surface area contributed by atoms with Crippen molar-refractivity contribution in [2.24, 2.45) is 0 Å². The van der Waals surface area contributed by atoms with Crippen molar-refractivity contribution in [1.82, 2.24) is 15.2 Å². The van der Waals surface area contributed by atoms with Gasteiger partial charge in [0.05, 0.1) is 16.9 Å². The van der Waals surface area contributed by atoms with Gasteiger partial charge in [0.1, 0.15) is 5.00 Å². The molecule has 5 nitrogen and oxygen atoms in total. The minimum Gasteiger partial charge on any atom is -0.311 e. The summed E-state index contributed by atoms with van der Waals surface area (Å²) in [7, 11) is 0. The minimum absolute atomic E-state index is 0.218. The molecule has 1 N–H and O–H groups in total. The van der Waals surface area contributed by atoms with Crippen LogP contribution in [0.15, 0.2) is 12.3 Å². The molecule has 0 fully saturated rings. The molecule has 3 rings (SSSR count). The molecule has 0 aromatic carbocycles. The highest BCUT2D eigenvalue weighted by Gasteiger charge is 2.16. The molecular formula is C13H14N4OS. The second kappa shape index (κ2) is 5.05. The Morgan fingerprint density at radius 1 is 1.32 bits per heavy atom. The number of aryl methyl sites for hydroxylation is 3. The van der Waals surface area contributed by atoms with E-state index >= 15 is 0 Å².